The highest BCUT2D eigenvalue weighted by Gasteiger charge is 2.36. The van der Waals surface area contributed by atoms with Gasteiger partial charge in [0.15, 0.2) is 0 Å². The maximum absolute atomic E-state index is 12.8. The van der Waals surface area contributed by atoms with Gasteiger partial charge in [-0.15, -0.1) is 0 Å². The van der Waals surface area contributed by atoms with E-state index in [-0.39, 0.29) is 30.9 Å². The molecule has 1 N–H and O–H groups in total. The number of nitrogens with zero attached hydrogens (tertiary/aromatic N) is 1. The van der Waals surface area contributed by atoms with E-state index in [9.17, 15) is 22.8 Å². The van der Waals surface area contributed by atoms with Gasteiger partial charge in [0.1, 0.15) is 0 Å². The molecule has 0 aliphatic carbocycles. The molecule has 0 aliphatic heterocycles. The summed E-state index contributed by atoms with van der Waals surface area (Å²) in [5, 5.41) is 8.60. The van der Waals surface area contributed by atoms with Crippen molar-refractivity contribution in [3.8, 4) is 0 Å². The number of amides is 1. The van der Waals surface area contributed by atoms with Crippen LogP contribution in [0.25, 0.3) is 0 Å². The highest BCUT2D eigenvalue weighted by molar-refractivity contribution is 5.87. The molecule has 0 aliphatic rings. The Morgan fingerprint density at radius 3 is 2.26 bits per heavy atom. The van der Waals surface area contributed by atoms with Crippen LogP contribution < -0.4 is 0 Å². The zero-order chi connectivity index (χ0) is 17.8. The quantitative estimate of drug-likeness (QED) is 0.870. The number of carboxylic acid groups (broad SMARTS) is 1. The molecule has 1 rings (SSSR count). The van der Waals surface area contributed by atoms with E-state index in [4.69, 9.17) is 5.11 Å². The van der Waals surface area contributed by atoms with Crippen LogP contribution in [0.4, 0.5) is 13.2 Å². The Labute approximate surface area is 132 Å². The van der Waals surface area contributed by atoms with E-state index in [2.05, 4.69) is 0 Å². The average molecular weight is 331 g/mol. The summed E-state index contributed by atoms with van der Waals surface area (Å²) < 4.78 is 38.4. The number of aliphatic carboxylic acids is 1. The predicted octanol–water partition coefficient (Wildman–Crippen LogP) is 3.31. The zero-order valence-corrected chi connectivity index (χ0v) is 13.3. The third kappa shape index (κ3) is 4.97. The van der Waals surface area contributed by atoms with E-state index in [0.29, 0.717) is 0 Å². The number of rotatable bonds is 6. The molecule has 23 heavy (non-hydrogen) atoms. The number of alkyl halides is 3. The summed E-state index contributed by atoms with van der Waals surface area (Å²) in [7, 11) is 1.51. The Morgan fingerprint density at radius 2 is 1.74 bits per heavy atom. The van der Waals surface area contributed by atoms with Gasteiger partial charge in [-0.25, -0.2) is 0 Å². The number of benzene rings is 1. The first-order valence-corrected chi connectivity index (χ1v) is 7.11. The molecule has 1 amide bonds. The predicted molar refractivity (Wildman–Crippen MR) is 79.0 cm³/mol. The molecule has 1 aromatic carbocycles. The third-order valence-electron chi connectivity index (χ3n) is 3.68. The topological polar surface area (TPSA) is 57.6 Å². The molecule has 128 valence electrons. The first-order valence-electron chi connectivity index (χ1n) is 7.11. The first kappa shape index (κ1) is 19.0. The summed E-state index contributed by atoms with van der Waals surface area (Å²) in [5.74, 6) is -1.31. The van der Waals surface area contributed by atoms with E-state index in [1.165, 1.54) is 24.1 Å². The van der Waals surface area contributed by atoms with Gasteiger partial charge in [-0.2, -0.15) is 13.2 Å². The Hall–Kier alpha value is -2.05. The molecule has 7 heteroatoms. The molecule has 0 saturated carbocycles. The second-order valence-corrected chi connectivity index (χ2v) is 5.93. The van der Waals surface area contributed by atoms with Crippen molar-refractivity contribution in [3.05, 3.63) is 35.4 Å². The van der Waals surface area contributed by atoms with Gasteiger partial charge in [-0.3, -0.25) is 9.59 Å². The van der Waals surface area contributed by atoms with Crippen LogP contribution in [0.1, 0.15) is 37.8 Å². The number of likely N-dealkylation sites (N-methyl/N-ethyl adjacent to an activating group) is 1. The minimum absolute atomic E-state index is 0.0678. The maximum atomic E-state index is 12.8. The molecule has 0 saturated heterocycles. The number of hydrogen-bond acceptors (Lipinski definition) is 2. The van der Waals surface area contributed by atoms with Crippen molar-refractivity contribution in [3.63, 3.8) is 0 Å². The normalized spacial score (nSPS) is 12.1. The number of carbonyl (C=O) groups is 2. The fourth-order valence-corrected chi connectivity index (χ4v) is 2.25. The fourth-order valence-electron chi connectivity index (χ4n) is 2.25. The van der Waals surface area contributed by atoms with Crippen LogP contribution >= 0.6 is 0 Å². The van der Waals surface area contributed by atoms with Gasteiger partial charge in [0.25, 0.3) is 0 Å². The fraction of sp³-hybridized carbons (Fsp3) is 0.500. The van der Waals surface area contributed by atoms with Crippen molar-refractivity contribution in [1.29, 1.82) is 0 Å². The number of halogens is 3. The Morgan fingerprint density at radius 1 is 1.17 bits per heavy atom. The van der Waals surface area contributed by atoms with Gasteiger partial charge in [0.05, 0.1) is 11.0 Å². The van der Waals surface area contributed by atoms with Crippen LogP contribution in [0.5, 0.6) is 0 Å². The lowest BCUT2D eigenvalue weighted by Gasteiger charge is -2.30. The van der Waals surface area contributed by atoms with Gasteiger partial charge in [-0.1, -0.05) is 18.2 Å². The van der Waals surface area contributed by atoms with Crippen LogP contribution in [-0.4, -0.2) is 35.5 Å². The Balaban J connectivity index is 2.92. The summed E-state index contributed by atoms with van der Waals surface area (Å²) in [4.78, 5) is 24.3. The highest BCUT2D eigenvalue weighted by Crippen LogP contribution is 2.33. The second kappa shape index (κ2) is 7.02. The number of hydrogen-bond donors (Lipinski definition) is 1. The van der Waals surface area contributed by atoms with Gasteiger partial charge < -0.3 is 10.0 Å². The molecule has 0 unspecified atom stereocenters. The molecular formula is C16H20F3NO3. The van der Waals surface area contributed by atoms with Crippen LogP contribution in [0.15, 0.2) is 24.3 Å². The molecule has 0 radical (unpaired) electrons. The first-order chi connectivity index (χ1) is 10.5. The minimum atomic E-state index is -4.47. The minimum Gasteiger partial charge on any atom is -0.481 e. The highest BCUT2D eigenvalue weighted by atomic mass is 19.4. The SMILES string of the molecule is CN(CCCC(=O)O)C(=O)C(C)(C)c1cccc(C(F)(F)F)c1. The molecule has 1 aromatic rings. The van der Waals surface area contributed by atoms with Gasteiger partial charge in [0.2, 0.25) is 5.91 Å². The average Bonchev–Trinajstić information content (AvgIpc) is 2.45. The number of carboxylic acids is 1. The molecule has 0 atom stereocenters. The van der Waals surface area contributed by atoms with Crippen LogP contribution in [-0.2, 0) is 21.2 Å². The van der Waals surface area contributed by atoms with Gasteiger partial charge in [0, 0.05) is 20.0 Å². The summed E-state index contributed by atoms with van der Waals surface area (Å²) in [6.07, 6.45) is -4.25. The summed E-state index contributed by atoms with van der Waals surface area (Å²) >= 11 is 0. The summed E-state index contributed by atoms with van der Waals surface area (Å²) in [6, 6.07) is 4.69. The van der Waals surface area contributed by atoms with Crippen LogP contribution in [0.3, 0.4) is 0 Å². The van der Waals surface area contributed by atoms with Crippen molar-refractivity contribution in [1.82, 2.24) is 4.90 Å². The lowest BCUT2D eigenvalue weighted by molar-refractivity contribution is -0.139. The number of carbonyl (C=O) groups excluding carboxylic acids is 1. The monoisotopic (exact) mass is 331 g/mol. The van der Waals surface area contributed by atoms with Crippen molar-refractivity contribution >= 4 is 11.9 Å². The Bertz CT molecular complexity index is 582. The van der Waals surface area contributed by atoms with Crippen molar-refractivity contribution in [2.45, 2.75) is 38.3 Å². The van der Waals surface area contributed by atoms with E-state index in [0.717, 1.165) is 12.1 Å². The van der Waals surface area contributed by atoms with Crippen molar-refractivity contribution in [2.24, 2.45) is 0 Å². The molecule has 4 nitrogen and oxygen atoms in total. The lowest BCUT2D eigenvalue weighted by Crippen LogP contribution is -2.42. The smallest absolute Gasteiger partial charge is 0.416 e. The van der Waals surface area contributed by atoms with E-state index < -0.39 is 23.1 Å². The molecule has 0 spiro atoms. The Kier molecular flexibility index (Phi) is 5.80. The molecule has 0 fully saturated rings. The second-order valence-electron chi connectivity index (χ2n) is 5.93. The third-order valence-corrected chi connectivity index (χ3v) is 3.68. The van der Waals surface area contributed by atoms with E-state index in [1.54, 1.807) is 13.8 Å². The molecule has 0 bridgehead atoms. The largest absolute Gasteiger partial charge is 0.481 e. The molecule has 0 heterocycles. The van der Waals surface area contributed by atoms with Crippen molar-refractivity contribution < 1.29 is 27.9 Å². The van der Waals surface area contributed by atoms with Gasteiger partial charge in [-0.05, 0) is 31.9 Å². The van der Waals surface area contributed by atoms with E-state index >= 15 is 0 Å². The van der Waals surface area contributed by atoms with Gasteiger partial charge >= 0.3 is 12.1 Å². The lowest BCUT2D eigenvalue weighted by atomic mass is 9.82. The molecule has 0 aromatic heterocycles. The summed E-state index contributed by atoms with van der Waals surface area (Å²) in [6.45, 7) is 3.34. The van der Waals surface area contributed by atoms with E-state index in [1.807, 2.05) is 0 Å². The zero-order valence-electron chi connectivity index (χ0n) is 13.3. The van der Waals surface area contributed by atoms with Crippen molar-refractivity contribution in [2.75, 3.05) is 13.6 Å². The maximum Gasteiger partial charge on any atom is 0.416 e. The van der Waals surface area contributed by atoms with Crippen LogP contribution in [0.2, 0.25) is 0 Å². The summed E-state index contributed by atoms with van der Waals surface area (Å²) in [5.41, 5.74) is -1.68. The van der Waals surface area contributed by atoms with Crippen LogP contribution in [0, 0.1) is 0 Å². The standard InChI is InChI=1S/C16H20F3NO3/c1-15(2,14(23)20(3)9-5-8-13(21)22)11-6-4-7-12(10-11)16(17,18)19/h4,6-7,10H,5,8-9H2,1-3H3,(H,21,22). The molecular weight excluding hydrogens is 311 g/mol.